The molecule has 60 heavy (non-hydrogen) atoms. The van der Waals surface area contributed by atoms with E-state index in [1.165, 1.54) is 71.4 Å². The number of nitrogens with zero attached hydrogens (tertiary/aromatic N) is 4. The Labute approximate surface area is 346 Å². The molecule has 11 aromatic rings. The summed E-state index contributed by atoms with van der Waals surface area (Å²) in [5.74, 6) is 1.82. The van der Waals surface area contributed by atoms with Crippen LogP contribution in [0.5, 0.6) is 11.5 Å². The summed E-state index contributed by atoms with van der Waals surface area (Å²) in [6, 6.07) is 72.7. The van der Waals surface area contributed by atoms with E-state index in [9.17, 15) is 0 Å². The standard InChI is InChI=1S/C54H33BN4O/c1-3-15-34(16-4-1)56-40-21-9-7-19-37(40)39-33-36(31-32-42(39)56)58-45-25-12-26-46-52(45)55-53-47(58)27-13-29-49(53)60-50-30-14-28-48(54(50)55)59(46)44-24-11-23-43-51(44)38-20-8-10-22-41(38)57(43)35-17-5-2-6-18-35/h1-33H. The lowest BCUT2D eigenvalue weighted by Crippen LogP contribution is -2.63. The Morgan fingerprint density at radius 2 is 0.800 bits per heavy atom. The van der Waals surface area contributed by atoms with Crippen LogP contribution < -0.4 is 30.9 Å². The van der Waals surface area contributed by atoms with Gasteiger partial charge in [-0.05, 0) is 120 Å². The van der Waals surface area contributed by atoms with E-state index in [1.807, 2.05) is 0 Å². The van der Waals surface area contributed by atoms with Crippen molar-refractivity contribution in [2.45, 2.75) is 0 Å². The SMILES string of the molecule is c1ccc(-n2c3ccccc3c3cc(N4c5cccc6c5B5c7c(cccc7N(c7cccc8c7c7ccccc7n8-c7ccccc7)c7cccc4c75)O6)ccc32)cc1. The third-order valence-electron chi connectivity index (χ3n) is 13.1. The molecule has 0 spiro atoms. The van der Waals surface area contributed by atoms with Gasteiger partial charge in [-0.1, -0.05) is 97.1 Å². The van der Waals surface area contributed by atoms with E-state index in [0.29, 0.717) is 0 Å². The number of anilines is 6. The molecular weight excluding hydrogens is 731 g/mol. The second kappa shape index (κ2) is 11.8. The number of benzene rings is 9. The van der Waals surface area contributed by atoms with E-state index in [2.05, 4.69) is 219 Å². The Balaban J connectivity index is 1.05. The highest BCUT2D eigenvalue weighted by atomic mass is 16.5. The molecular formula is C54H33BN4O. The minimum atomic E-state index is 0.00318. The van der Waals surface area contributed by atoms with Crippen molar-refractivity contribution in [2.75, 3.05) is 9.80 Å². The van der Waals surface area contributed by atoms with Gasteiger partial charge in [-0.15, -0.1) is 0 Å². The van der Waals surface area contributed by atoms with Gasteiger partial charge in [0.1, 0.15) is 11.5 Å². The van der Waals surface area contributed by atoms with Crippen molar-refractivity contribution in [1.29, 1.82) is 0 Å². The van der Waals surface area contributed by atoms with Crippen LogP contribution >= 0.6 is 0 Å². The molecule has 6 heteroatoms. The number of para-hydroxylation sites is 4. The van der Waals surface area contributed by atoms with Gasteiger partial charge in [0.15, 0.2) is 0 Å². The highest BCUT2D eigenvalue weighted by Gasteiger charge is 2.48. The molecule has 5 heterocycles. The number of aromatic nitrogens is 2. The number of hydrogen-bond acceptors (Lipinski definition) is 3. The predicted molar refractivity (Wildman–Crippen MR) is 249 cm³/mol. The second-order valence-corrected chi connectivity index (χ2v) is 16.0. The minimum absolute atomic E-state index is 0.00318. The van der Waals surface area contributed by atoms with E-state index in [-0.39, 0.29) is 6.71 Å². The second-order valence-electron chi connectivity index (χ2n) is 16.0. The van der Waals surface area contributed by atoms with Gasteiger partial charge in [-0.25, -0.2) is 0 Å². The average Bonchev–Trinajstić information content (AvgIpc) is 3.83. The minimum Gasteiger partial charge on any atom is -0.458 e. The van der Waals surface area contributed by atoms with Crippen molar-refractivity contribution in [2.24, 2.45) is 0 Å². The lowest BCUT2D eigenvalue weighted by atomic mass is 9.32. The molecule has 0 fully saturated rings. The van der Waals surface area contributed by atoms with Crippen LogP contribution in [-0.4, -0.2) is 15.8 Å². The molecule has 0 amide bonds. The van der Waals surface area contributed by atoms with Crippen molar-refractivity contribution >= 4 is 101 Å². The van der Waals surface area contributed by atoms with E-state index in [4.69, 9.17) is 4.74 Å². The lowest BCUT2D eigenvalue weighted by Gasteiger charge is -2.46. The highest BCUT2D eigenvalue weighted by Crippen LogP contribution is 2.50. The van der Waals surface area contributed by atoms with Crippen molar-refractivity contribution in [3.63, 3.8) is 0 Å². The van der Waals surface area contributed by atoms with Crippen molar-refractivity contribution in [3.8, 4) is 22.9 Å². The van der Waals surface area contributed by atoms with Gasteiger partial charge in [-0.2, -0.15) is 0 Å². The first kappa shape index (κ1) is 32.1. The first-order valence-electron chi connectivity index (χ1n) is 20.6. The highest BCUT2D eigenvalue weighted by molar-refractivity contribution is 7.01. The monoisotopic (exact) mass is 764 g/mol. The fourth-order valence-corrected chi connectivity index (χ4v) is 10.8. The van der Waals surface area contributed by atoms with Crippen LogP contribution in [0.4, 0.5) is 34.1 Å². The lowest BCUT2D eigenvalue weighted by molar-refractivity contribution is 0.487. The molecule has 0 N–H and O–H groups in total. The molecule has 3 aliphatic heterocycles. The molecule has 0 aliphatic carbocycles. The van der Waals surface area contributed by atoms with Crippen LogP contribution in [0, 0.1) is 0 Å². The molecule has 3 aliphatic rings. The maximum Gasteiger partial charge on any atom is 0.261 e. The molecule has 2 aromatic heterocycles. The molecule has 0 saturated carbocycles. The number of rotatable bonds is 4. The zero-order valence-corrected chi connectivity index (χ0v) is 32.3. The van der Waals surface area contributed by atoms with Crippen LogP contribution in [0.3, 0.4) is 0 Å². The molecule has 14 rings (SSSR count). The van der Waals surface area contributed by atoms with Crippen molar-refractivity contribution in [1.82, 2.24) is 9.13 Å². The van der Waals surface area contributed by atoms with Gasteiger partial charge in [0, 0.05) is 61.4 Å². The van der Waals surface area contributed by atoms with E-state index < -0.39 is 0 Å². The van der Waals surface area contributed by atoms with Crippen LogP contribution in [-0.2, 0) is 0 Å². The number of fused-ring (bicyclic) bond motifs is 6. The fourth-order valence-electron chi connectivity index (χ4n) is 10.8. The number of ether oxygens (including phenoxy) is 1. The first-order chi connectivity index (χ1) is 29.8. The maximum absolute atomic E-state index is 6.96. The Kier molecular flexibility index (Phi) is 6.31. The Hall–Kier alpha value is -7.96. The Bertz CT molecular complexity index is 3610. The smallest absolute Gasteiger partial charge is 0.261 e. The maximum atomic E-state index is 6.96. The Morgan fingerprint density at radius 1 is 0.317 bits per heavy atom. The third-order valence-corrected chi connectivity index (χ3v) is 13.1. The summed E-state index contributed by atoms with van der Waals surface area (Å²) >= 11 is 0. The molecule has 9 aromatic carbocycles. The summed E-state index contributed by atoms with van der Waals surface area (Å²) in [6.07, 6.45) is 0. The fraction of sp³-hybridized carbons (Fsp3) is 0. The average molecular weight is 765 g/mol. The molecule has 5 nitrogen and oxygen atoms in total. The zero-order chi connectivity index (χ0) is 39.1. The van der Waals surface area contributed by atoms with Crippen LogP contribution in [0.2, 0.25) is 0 Å². The summed E-state index contributed by atoms with van der Waals surface area (Å²) in [7, 11) is 0. The summed E-state index contributed by atoms with van der Waals surface area (Å²) < 4.78 is 11.7. The topological polar surface area (TPSA) is 25.6 Å². The molecule has 0 unspecified atom stereocenters. The van der Waals surface area contributed by atoms with Crippen LogP contribution in [0.1, 0.15) is 0 Å². The van der Waals surface area contributed by atoms with Gasteiger partial charge < -0.3 is 23.7 Å². The van der Waals surface area contributed by atoms with E-state index >= 15 is 0 Å². The van der Waals surface area contributed by atoms with Crippen LogP contribution in [0.15, 0.2) is 200 Å². The molecule has 278 valence electrons. The molecule has 0 atom stereocenters. The Morgan fingerprint density at radius 3 is 1.50 bits per heavy atom. The van der Waals surface area contributed by atoms with Gasteiger partial charge in [0.25, 0.3) is 6.71 Å². The summed E-state index contributed by atoms with van der Waals surface area (Å²) in [6.45, 7) is 0.00318. The van der Waals surface area contributed by atoms with Crippen molar-refractivity contribution in [3.05, 3.63) is 200 Å². The van der Waals surface area contributed by atoms with Gasteiger partial charge in [-0.3, -0.25) is 0 Å². The summed E-state index contributed by atoms with van der Waals surface area (Å²) in [5.41, 5.74) is 17.7. The first-order valence-corrected chi connectivity index (χ1v) is 20.6. The quantitative estimate of drug-likeness (QED) is 0.167. The van der Waals surface area contributed by atoms with E-state index in [1.54, 1.807) is 0 Å². The van der Waals surface area contributed by atoms with Gasteiger partial charge >= 0.3 is 0 Å². The summed E-state index contributed by atoms with van der Waals surface area (Å²) in [5, 5.41) is 4.89. The normalized spacial score (nSPS) is 13.4. The van der Waals surface area contributed by atoms with Gasteiger partial charge in [0.05, 0.1) is 27.8 Å². The van der Waals surface area contributed by atoms with Gasteiger partial charge in [0.2, 0.25) is 0 Å². The van der Waals surface area contributed by atoms with Crippen LogP contribution in [0.25, 0.3) is 55.0 Å². The molecule has 0 radical (unpaired) electrons. The zero-order valence-electron chi connectivity index (χ0n) is 32.3. The number of hydrogen-bond donors (Lipinski definition) is 0. The predicted octanol–water partition coefficient (Wildman–Crippen LogP) is 12.1. The molecule has 0 saturated heterocycles. The molecule has 0 bridgehead atoms. The largest absolute Gasteiger partial charge is 0.458 e. The van der Waals surface area contributed by atoms with E-state index in [0.717, 1.165) is 45.6 Å². The summed E-state index contributed by atoms with van der Waals surface area (Å²) in [4.78, 5) is 4.99. The van der Waals surface area contributed by atoms with Crippen molar-refractivity contribution < 1.29 is 4.74 Å². The third kappa shape index (κ3) is 4.11.